The maximum atomic E-state index is 13.5. The number of morpholine rings is 1. The first-order valence-corrected chi connectivity index (χ1v) is 21.0. The molecule has 3 N–H and O–H groups in total. The van der Waals surface area contributed by atoms with Crippen molar-refractivity contribution in [1.82, 2.24) is 9.88 Å². The molecule has 0 unspecified atom stereocenters. The molecule has 1 aliphatic heterocycles. The van der Waals surface area contributed by atoms with E-state index in [0.717, 1.165) is 33.8 Å². The van der Waals surface area contributed by atoms with E-state index in [4.69, 9.17) is 18.9 Å². The molecule has 15 heteroatoms. The number of sulfonamides is 1. The number of carbonyl (C=O) groups excluding carboxylic acids is 3. The molecule has 2 heterocycles. The molecular formula is C44H49N5O9S. The molecule has 5 aromatic rings. The number of Topliss-reactive ketones (excluding diaryl/α,β-unsaturated/α-hetero) is 1. The summed E-state index contributed by atoms with van der Waals surface area (Å²) in [5.41, 5.74) is 3.43. The molecule has 1 fully saturated rings. The van der Waals surface area contributed by atoms with Crippen molar-refractivity contribution in [1.29, 1.82) is 0 Å². The Hall–Kier alpha value is -6.19. The third-order valence-corrected chi connectivity index (χ3v) is 10.3. The van der Waals surface area contributed by atoms with Crippen LogP contribution in [0, 0.1) is 0 Å². The fourth-order valence-electron chi connectivity index (χ4n) is 6.75. The summed E-state index contributed by atoms with van der Waals surface area (Å²) in [6.07, 6.45) is 3.36. The third kappa shape index (κ3) is 10.9. The summed E-state index contributed by atoms with van der Waals surface area (Å²) < 4.78 is 49.7. The van der Waals surface area contributed by atoms with Gasteiger partial charge in [-0.15, -0.1) is 0 Å². The van der Waals surface area contributed by atoms with Crippen molar-refractivity contribution in [3.63, 3.8) is 0 Å². The van der Waals surface area contributed by atoms with E-state index in [0.29, 0.717) is 61.2 Å². The number of amides is 3. The van der Waals surface area contributed by atoms with Gasteiger partial charge in [-0.3, -0.25) is 19.3 Å². The molecule has 1 aromatic heterocycles. The van der Waals surface area contributed by atoms with Gasteiger partial charge in [0, 0.05) is 61.1 Å². The molecule has 0 atom stereocenters. The minimum absolute atomic E-state index is 0.0591. The normalized spacial score (nSPS) is 13.1. The molecule has 14 nitrogen and oxygen atoms in total. The maximum absolute atomic E-state index is 13.5. The Kier molecular flexibility index (Phi) is 13.1. The molecule has 1 saturated heterocycles. The number of urea groups is 1. The van der Waals surface area contributed by atoms with Gasteiger partial charge < -0.3 is 34.5 Å². The van der Waals surface area contributed by atoms with Gasteiger partial charge in [-0.1, -0.05) is 51.1 Å². The molecule has 0 radical (unpaired) electrons. The van der Waals surface area contributed by atoms with Crippen LogP contribution in [0.5, 0.6) is 23.0 Å². The van der Waals surface area contributed by atoms with Gasteiger partial charge in [0.1, 0.15) is 17.2 Å². The van der Waals surface area contributed by atoms with Crippen LogP contribution in [0.4, 0.5) is 21.9 Å². The molecule has 3 amide bonds. The Morgan fingerprint density at radius 1 is 0.814 bits per heavy atom. The summed E-state index contributed by atoms with van der Waals surface area (Å²) in [6, 6.07) is 22.9. The summed E-state index contributed by atoms with van der Waals surface area (Å²) in [4.78, 5) is 45.5. The Morgan fingerprint density at radius 2 is 1.53 bits per heavy atom. The van der Waals surface area contributed by atoms with Gasteiger partial charge in [0.05, 0.1) is 56.3 Å². The second kappa shape index (κ2) is 18.2. The molecule has 6 rings (SSSR count). The Labute approximate surface area is 344 Å². The van der Waals surface area contributed by atoms with Crippen LogP contribution in [0.25, 0.3) is 10.8 Å². The monoisotopic (exact) mass is 823 g/mol. The van der Waals surface area contributed by atoms with Crippen LogP contribution in [0.2, 0.25) is 0 Å². The number of rotatable bonds is 14. The van der Waals surface area contributed by atoms with Crippen LogP contribution in [0.15, 0.2) is 85.1 Å². The second-order valence-electron chi connectivity index (χ2n) is 15.2. The van der Waals surface area contributed by atoms with Gasteiger partial charge in [0.2, 0.25) is 15.9 Å². The average Bonchev–Trinajstić information content (AvgIpc) is 3.20. The fraction of sp³-hybridized carbons (Fsp3) is 0.318. The quantitative estimate of drug-likeness (QED) is 0.0939. The smallest absolute Gasteiger partial charge is 0.323 e. The Bertz CT molecular complexity index is 2480. The topological polar surface area (TPSA) is 174 Å². The van der Waals surface area contributed by atoms with E-state index in [9.17, 15) is 22.8 Å². The number of methoxy groups -OCH3 is 2. The lowest BCUT2D eigenvalue weighted by Gasteiger charge is -2.26. The van der Waals surface area contributed by atoms with E-state index in [1.807, 2.05) is 63.2 Å². The largest absolute Gasteiger partial charge is 0.496 e. The van der Waals surface area contributed by atoms with Crippen LogP contribution in [-0.2, 0) is 31.4 Å². The first kappa shape index (κ1) is 42.4. The highest BCUT2D eigenvalue weighted by Crippen LogP contribution is 2.40. The molecule has 0 saturated carbocycles. The lowest BCUT2D eigenvalue weighted by atomic mass is 9.86. The molecule has 1 aliphatic rings. The van der Waals surface area contributed by atoms with Gasteiger partial charge in [-0.25, -0.2) is 13.2 Å². The number of nitrogens with zero attached hydrogens (tertiary/aromatic N) is 2. The summed E-state index contributed by atoms with van der Waals surface area (Å²) in [5.74, 6) is 1.47. The number of ether oxygens (including phenoxy) is 4. The van der Waals surface area contributed by atoms with Crippen molar-refractivity contribution in [3.05, 3.63) is 107 Å². The number of fused-ring (bicyclic) bond motifs is 1. The number of hydrogen-bond acceptors (Lipinski definition) is 10. The standard InChI is InChI=1S/C44H49N5O9S/c1-44(2,3)29-25-36(42(56-5)37(26-29)48-59(6,53)54)47-43(52)46-35-13-15-39(33-10-8-7-9-32(33)35)58-31-17-18-45-30(27-31)23-28-11-12-34(40(24-28)55-4)38(50)14-16-41(51)49-19-21-57-22-20-49/h7-13,15,17-18,24-27,48H,14,16,19-23H2,1-6H3,(H2,46,47,52). The number of hydrogen-bond donors (Lipinski definition) is 3. The maximum Gasteiger partial charge on any atom is 0.323 e. The predicted molar refractivity (Wildman–Crippen MR) is 228 cm³/mol. The summed E-state index contributed by atoms with van der Waals surface area (Å²) in [5, 5.41) is 7.22. The molecular weight excluding hydrogens is 775 g/mol. The minimum Gasteiger partial charge on any atom is -0.496 e. The number of ketones is 1. The second-order valence-corrected chi connectivity index (χ2v) is 16.9. The van der Waals surface area contributed by atoms with E-state index in [1.165, 1.54) is 14.2 Å². The van der Waals surface area contributed by atoms with Gasteiger partial charge in [-0.2, -0.15) is 0 Å². The van der Waals surface area contributed by atoms with E-state index < -0.39 is 16.1 Å². The molecule has 0 aliphatic carbocycles. The zero-order valence-electron chi connectivity index (χ0n) is 34.0. The van der Waals surface area contributed by atoms with Crippen LogP contribution in [0.1, 0.15) is 60.8 Å². The minimum atomic E-state index is -3.65. The van der Waals surface area contributed by atoms with Gasteiger partial charge in [0.25, 0.3) is 0 Å². The Morgan fingerprint density at radius 3 is 2.22 bits per heavy atom. The van der Waals surface area contributed by atoms with E-state index in [2.05, 4.69) is 20.3 Å². The summed E-state index contributed by atoms with van der Waals surface area (Å²) in [6.45, 7) is 8.03. The van der Waals surface area contributed by atoms with Gasteiger partial charge in [-0.05, 0) is 59.0 Å². The number of aromatic nitrogens is 1. The highest BCUT2D eigenvalue weighted by Gasteiger charge is 2.23. The number of anilines is 3. The van der Waals surface area contributed by atoms with E-state index in [-0.39, 0.29) is 47.1 Å². The van der Waals surface area contributed by atoms with Crippen LogP contribution in [-0.4, -0.2) is 82.8 Å². The number of nitrogens with one attached hydrogen (secondary N) is 3. The number of benzene rings is 4. The third-order valence-electron chi connectivity index (χ3n) is 9.73. The number of carbonyl (C=O) groups is 3. The van der Waals surface area contributed by atoms with Crippen LogP contribution in [0.3, 0.4) is 0 Å². The van der Waals surface area contributed by atoms with Crippen molar-refractivity contribution < 1.29 is 41.7 Å². The van der Waals surface area contributed by atoms with Gasteiger partial charge >= 0.3 is 6.03 Å². The molecule has 4 aromatic carbocycles. The van der Waals surface area contributed by atoms with Crippen molar-refractivity contribution >= 4 is 55.6 Å². The van der Waals surface area contributed by atoms with Crippen molar-refractivity contribution in [2.24, 2.45) is 0 Å². The SMILES string of the molecule is COc1cc(Cc2cc(Oc3ccc(NC(=O)Nc4cc(C(C)(C)C)cc(NS(C)(=O)=O)c4OC)c4ccccc34)ccn2)ccc1C(=O)CCC(=O)N1CCOCC1. The molecule has 0 spiro atoms. The zero-order chi connectivity index (χ0) is 42.3. The predicted octanol–water partition coefficient (Wildman–Crippen LogP) is 7.77. The number of pyridine rings is 1. The lowest BCUT2D eigenvalue weighted by Crippen LogP contribution is -2.40. The highest BCUT2D eigenvalue weighted by molar-refractivity contribution is 7.92. The molecule has 59 heavy (non-hydrogen) atoms. The van der Waals surface area contributed by atoms with Crippen LogP contribution >= 0.6 is 0 Å². The highest BCUT2D eigenvalue weighted by atomic mass is 32.2. The van der Waals surface area contributed by atoms with Crippen molar-refractivity contribution in [2.45, 2.75) is 45.4 Å². The van der Waals surface area contributed by atoms with Crippen molar-refractivity contribution in [3.8, 4) is 23.0 Å². The zero-order valence-corrected chi connectivity index (χ0v) is 34.8. The van der Waals surface area contributed by atoms with Gasteiger partial charge in [0.15, 0.2) is 11.5 Å². The first-order chi connectivity index (χ1) is 28.1. The summed E-state index contributed by atoms with van der Waals surface area (Å²) in [7, 11) is -0.731. The van der Waals surface area contributed by atoms with E-state index >= 15 is 0 Å². The van der Waals surface area contributed by atoms with E-state index in [1.54, 1.807) is 47.5 Å². The fourth-order valence-corrected chi connectivity index (χ4v) is 7.30. The first-order valence-electron chi connectivity index (χ1n) is 19.1. The molecule has 310 valence electrons. The molecule has 0 bridgehead atoms. The van der Waals surface area contributed by atoms with Crippen molar-refractivity contribution in [2.75, 3.05) is 62.1 Å². The lowest BCUT2D eigenvalue weighted by molar-refractivity contribution is -0.135. The summed E-state index contributed by atoms with van der Waals surface area (Å²) >= 11 is 0. The Balaban J connectivity index is 1.15. The average molecular weight is 824 g/mol. The van der Waals surface area contributed by atoms with Crippen LogP contribution < -0.4 is 29.6 Å².